The lowest BCUT2D eigenvalue weighted by atomic mass is 10.1. The van der Waals surface area contributed by atoms with E-state index in [2.05, 4.69) is 27.1 Å². The number of hydrogen-bond donors (Lipinski definition) is 1. The summed E-state index contributed by atoms with van der Waals surface area (Å²) in [7, 11) is 0. The van der Waals surface area contributed by atoms with Crippen molar-refractivity contribution in [1.82, 2.24) is 15.0 Å². The molecule has 19 heavy (non-hydrogen) atoms. The molecule has 3 heterocycles. The van der Waals surface area contributed by atoms with E-state index >= 15 is 0 Å². The third-order valence-electron chi connectivity index (χ3n) is 3.38. The quantitative estimate of drug-likeness (QED) is 0.554. The SMILES string of the molecule is c1ccc2ncc(-c3c[nH]c4ccncc34)cc2c1. The molecule has 0 aliphatic carbocycles. The van der Waals surface area contributed by atoms with Gasteiger partial charge in [0.05, 0.1) is 5.52 Å². The molecule has 0 unspecified atom stereocenters. The van der Waals surface area contributed by atoms with Gasteiger partial charge in [0.25, 0.3) is 0 Å². The summed E-state index contributed by atoms with van der Waals surface area (Å²) in [5.41, 5.74) is 4.36. The van der Waals surface area contributed by atoms with E-state index in [4.69, 9.17) is 0 Å². The molecule has 4 aromatic rings. The average molecular weight is 245 g/mol. The number of fused-ring (bicyclic) bond motifs is 2. The summed E-state index contributed by atoms with van der Waals surface area (Å²) in [5.74, 6) is 0. The number of para-hydroxylation sites is 1. The molecule has 0 saturated heterocycles. The van der Waals surface area contributed by atoms with Crippen LogP contribution in [-0.4, -0.2) is 15.0 Å². The molecule has 0 saturated carbocycles. The van der Waals surface area contributed by atoms with Crippen LogP contribution in [-0.2, 0) is 0 Å². The lowest BCUT2D eigenvalue weighted by Gasteiger charge is -2.01. The van der Waals surface area contributed by atoms with Crippen LogP contribution in [0.3, 0.4) is 0 Å². The minimum absolute atomic E-state index is 1.02. The van der Waals surface area contributed by atoms with Gasteiger partial charge in [-0.3, -0.25) is 9.97 Å². The zero-order chi connectivity index (χ0) is 12.7. The molecule has 1 N–H and O–H groups in total. The van der Waals surface area contributed by atoms with Gasteiger partial charge in [-0.2, -0.15) is 0 Å². The smallest absolute Gasteiger partial charge is 0.0702 e. The standard InChI is InChI=1S/C16H11N3/c1-2-4-15-11(3-1)7-12(8-18-15)13-10-19-16-5-6-17-9-14(13)16/h1-10,19H. The maximum atomic E-state index is 4.51. The zero-order valence-corrected chi connectivity index (χ0v) is 10.2. The van der Waals surface area contributed by atoms with Gasteiger partial charge in [0.2, 0.25) is 0 Å². The molecule has 0 spiro atoms. The van der Waals surface area contributed by atoms with Gasteiger partial charge >= 0.3 is 0 Å². The van der Waals surface area contributed by atoms with E-state index in [1.54, 1.807) is 6.20 Å². The van der Waals surface area contributed by atoms with Crippen LogP contribution in [0.15, 0.2) is 61.2 Å². The Morgan fingerprint density at radius 3 is 2.95 bits per heavy atom. The van der Waals surface area contributed by atoms with Crippen molar-refractivity contribution in [3.63, 3.8) is 0 Å². The fraction of sp³-hybridized carbons (Fsp3) is 0. The first-order valence-corrected chi connectivity index (χ1v) is 6.18. The molecule has 3 nitrogen and oxygen atoms in total. The highest BCUT2D eigenvalue weighted by Gasteiger charge is 2.07. The topological polar surface area (TPSA) is 41.6 Å². The van der Waals surface area contributed by atoms with E-state index in [0.29, 0.717) is 0 Å². The van der Waals surface area contributed by atoms with Crippen LogP contribution < -0.4 is 0 Å². The average Bonchev–Trinajstić information content (AvgIpc) is 2.91. The summed E-state index contributed by atoms with van der Waals surface area (Å²) >= 11 is 0. The van der Waals surface area contributed by atoms with Crippen LogP contribution in [0.25, 0.3) is 32.9 Å². The highest BCUT2D eigenvalue weighted by molar-refractivity contribution is 5.96. The molecule has 0 atom stereocenters. The van der Waals surface area contributed by atoms with Gasteiger partial charge < -0.3 is 4.98 Å². The number of benzene rings is 1. The molecular formula is C16H11N3. The molecule has 3 aromatic heterocycles. The largest absolute Gasteiger partial charge is 0.360 e. The fourth-order valence-electron chi connectivity index (χ4n) is 2.42. The number of rotatable bonds is 1. The van der Waals surface area contributed by atoms with E-state index in [9.17, 15) is 0 Å². The summed E-state index contributed by atoms with van der Waals surface area (Å²) in [4.78, 5) is 12.0. The van der Waals surface area contributed by atoms with Gasteiger partial charge in [0.15, 0.2) is 0 Å². The Morgan fingerprint density at radius 2 is 1.95 bits per heavy atom. The van der Waals surface area contributed by atoms with E-state index in [1.165, 1.54) is 0 Å². The Kier molecular flexibility index (Phi) is 2.12. The first-order valence-electron chi connectivity index (χ1n) is 6.18. The summed E-state index contributed by atoms with van der Waals surface area (Å²) in [6, 6.07) is 12.3. The Balaban J connectivity index is 1.99. The van der Waals surface area contributed by atoms with Gasteiger partial charge in [0.1, 0.15) is 0 Å². The van der Waals surface area contributed by atoms with Gasteiger partial charge in [-0.05, 0) is 18.2 Å². The van der Waals surface area contributed by atoms with E-state index in [0.717, 1.165) is 32.9 Å². The number of aromatic amines is 1. The Bertz CT molecular complexity index is 877. The van der Waals surface area contributed by atoms with E-state index in [-0.39, 0.29) is 0 Å². The molecule has 3 heteroatoms. The monoisotopic (exact) mass is 245 g/mol. The number of nitrogens with zero attached hydrogens (tertiary/aromatic N) is 2. The van der Waals surface area contributed by atoms with E-state index < -0.39 is 0 Å². The van der Waals surface area contributed by atoms with Crippen LogP contribution in [0.2, 0.25) is 0 Å². The van der Waals surface area contributed by atoms with Crippen molar-refractivity contribution in [2.24, 2.45) is 0 Å². The minimum atomic E-state index is 1.02. The normalized spacial score (nSPS) is 11.2. The number of H-pyrrole nitrogens is 1. The lowest BCUT2D eigenvalue weighted by molar-refractivity contribution is 1.36. The van der Waals surface area contributed by atoms with E-state index in [1.807, 2.05) is 42.9 Å². The van der Waals surface area contributed by atoms with Gasteiger partial charge in [-0.15, -0.1) is 0 Å². The number of pyridine rings is 2. The second kappa shape index (κ2) is 3.92. The molecule has 0 fully saturated rings. The predicted octanol–water partition coefficient (Wildman–Crippen LogP) is 3.78. The number of aromatic nitrogens is 3. The summed E-state index contributed by atoms with van der Waals surface area (Å²) < 4.78 is 0. The van der Waals surface area contributed by atoms with Crippen molar-refractivity contribution in [2.75, 3.05) is 0 Å². The van der Waals surface area contributed by atoms with Gasteiger partial charge in [0, 0.05) is 52.2 Å². The van der Waals surface area contributed by atoms with Crippen LogP contribution >= 0.6 is 0 Å². The second-order valence-corrected chi connectivity index (χ2v) is 4.54. The zero-order valence-electron chi connectivity index (χ0n) is 10.2. The molecule has 0 aliphatic heterocycles. The highest BCUT2D eigenvalue weighted by atomic mass is 14.7. The fourth-order valence-corrected chi connectivity index (χ4v) is 2.42. The van der Waals surface area contributed by atoms with Crippen LogP contribution in [0.1, 0.15) is 0 Å². The summed E-state index contributed by atoms with van der Waals surface area (Å²) in [5, 5.41) is 2.28. The number of hydrogen-bond acceptors (Lipinski definition) is 2. The third kappa shape index (κ3) is 1.59. The first-order chi connectivity index (χ1) is 9.42. The molecule has 0 amide bonds. The van der Waals surface area contributed by atoms with Crippen LogP contribution in [0.5, 0.6) is 0 Å². The van der Waals surface area contributed by atoms with Crippen LogP contribution in [0, 0.1) is 0 Å². The Morgan fingerprint density at radius 1 is 1.00 bits per heavy atom. The maximum Gasteiger partial charge on any atom is 0.0702 e. The molecule has 0 radical (unpaired) electrons. The third-order valence-corrected chi connectivity index (χ3v) is 3.38. The molecule has 0 bridgehead atoms. The van der Waals surface area contributed by atoms with Crippen molar-refractivity contribution in [3.05, 3.63) is 61.2 Å². The molecule has 90 valence electrons. The first kappa shape index (κ1) is 10.3. The lowest BCUT2D eigenvalue weighted by Crippen LogP contribution is -1.82. The Labute approximate surface area is 110 Å². The molecular weight excluding hydrogens is 234 g/mol. The summed E-state index contributed by atoms with van der Waals surface area (Å²) in [6.45, 7) is 0. The molecule has 0 aliphatic rings. The van der Waals surface area contributed by atoms with Crippen molar-refractivity contribution in [3.8, 4) is 11.1 Å². The van der Waals surface area contributed by atoms with Crippen molar-refractivity contribution < 1.29 is 0 Å². The van der Waals surface area contributed by atoms with Crippen molar-refractivity contribution in [1.29, 1.82) is 0 Å². The van der Waals surface area contributed by atoms with Gasteiger partial charge in [-0.1, -0.05) is 18.2 Å². The second-order valence-electron chi connectivity index (χ2n) is 4.54. The van der Waals surface area contributed by atoms with Gasteiger partial charge in [-0.25, -0.2) is 0 Å². The molecule has 1 aromatic carbocycles. The van der Waals surface area contributed by atoms with Crippen molar-refractivity contribution in [2.45, 2.75) is 0 Å². The maximum absolute atomic E-state index is 4.51. The predicted molar refractivity (Wildman–Crippen MR) is 76.8 cm³/mol. The van der Waals surface area contributed by atoms with Crippen LogP contribution in [0.4, 0.5) is 0 Å². The number of nitrogens with one attached hydrogen (secondary N) is 1. The minimum Gasteiger partial charge on any atom is -0.360 e. The van der Waals surface area contributed by atoms with Crippen molar-refractivity contribution >= 4 is 21.8 Å². The molecule has 4 rings (SSSR count). The highest BCUT2D eigenvalue weighted by Crippen LogP contribution is 2.29. The summed E-state index contributed by atoms with van der Waals surface area (Å²) in [6.07, 6.45) is 7.60. The Hall–Kier alpha value is -2.68.